The topological polar surface area (TPSA) is 74.5 Å². The van der Waals surface area contributed by atoms with Crippen molar-refractivity contribution < 1.29 is 5.11 Å². The molecule has 0 aliphatic rings. The predicted molar refractivity (Wildman–Crippen MR) is 115 cm³/mol. The van der Waals surface area contributed by atoms with Crippen molar-refractivity contribution in [3.05, 3.63) is 54.1 Å². The largest absolute Gasteiger partial charge is 0.396 e. The summed E-state index contributed by atoms with van der Waals surface area (Å²) in [7, 11) is 0. The van der Waals surface area contributed by atoms with Gasteiger partial charge in [0.2, 0.25) is 0 Å². The first-order valence-electron chi connectivity index (χ1n) is 10.3. The first-order chi connectivity index (χ1) is 13.7. The fourth-order valence-electron chi connectivity index (χ4n) is 3.36. The summed E-state index contributed by atoms with van der Waals surface area (Å²) in [5.41, 5.74) is 1.34. The number of aliphatic hydroxyl groups excluding tert-OH is 1. The highest BCUT2D eigenvalue weighted by Crippen LogP contribution is 2.29. The normalized spacial score (nSPS) is 12.2. The molecule has 154 valence electrons. The number of hydrogen-bond donors (Lipinski definition) is 3. The van der Waals surface area contributed by atoms with E-state index in [1.54, 1.807) is 0 Å². The smallest absolute Gasteiger partial charge is 0.191 e. The molecule has 0 unspecified atom stereocenters. The third kappa shape index (κ3) is 6.37. The maximum atomic E-state index is 9.43. The summed E-state index contributed by atoms with van der Waals surface area (Å²) in [6.07, 6.45) is 6.68. The Morgan fingerprint density at radius 2 is 1.89 bits per heavy atom. The average molecular weight is 386 g/mol. The molecule has 0 spiro atoms. The van der Waals surface area contributed by atoms with Crippen LogP contribution in [0.2, 0.25) is 0 Å². The second-order valence-corrected chi connectivity index (χ2v) is 7.19. The maximum Gasteiger partial charge on any atom is 0.191 e. The third-order valence-corrected chi connectivity index (χ3v) is 5.49. The van der Waals surface area contributed by atoms with Gasteiger partial charge < -0.3 is 20.3 Å². The summed E-state index contributed by atoms with van der Waals surface area (Å²) >= 11 is 0. The first kappa shape index (κ1) is 22.0. The standard InChI is InChI=1S/C22H35N5O/c1-4-22(5-2,12-15-28)18-26-21(23-6-3)25-16-20-24-13-14-27(20)17-19-10-8-7-9-11-19/h7-11,13-14,28H,4-6,12,15-18H2,1-3H3,(H2,23,25,26). The number of aromatic nitrogens is 2. The summed E-state index contributed by atoms with van der Waals surface area (Å²) in [6.45, 7) is 9.56. The number of nitrogens with zero attached hydrogens (tertiary/aromatic N) is 3. The molecule has 0 radical (unpaired) electrons. The summed E-state index contributed by atoms with van der Waals surface area (Å²) in [5, 5.41) is 16.2. The van der Waals surface area contributed by atoms with E-state index in [0.717, 1.165) is 50.7 Å². The van der Waals surface area contributed by atoms with Crippen LogP contribution >= 0.6 is 0 Å². The zero-order valence-corrected chi connectivity index (χ0v) is 17.5. The highest BCUT2D eigenvalue weighted by Gasteiger charge is 2.25. The molecule has 28 heavy (non-hydrogen) atoms. The van der Waals surface area contributed by atoms with Gasteiger partial charge in [0.15, 0.2) is 5.96 Å². The third-order valence-electron chi connectivity index (χ3n) is 5.49. The highest BCUT2D eigenvalue weighted by molar-refractivity contribution is 5.79. The van der Waals surface area contributed by atoms with Crippen LogP contribution < -0.4 is 10.6 Å². The lowest BCUT2D eigenvalue weighted by atomic mass is 9.79. The highest BCUT2D eigenvalue weighted by atomic mass is 16.3. The van der Waals surface area contributed by atoms with E-state index in [1.807, 2.05) is 18.5 Å². The second-order valence-electron chi connectivity index (χ2n) is 7.19. The zero-order valence-electron chi connectivity index (χ0n) is 17.5. The summed E-state index contributed by atoms with van der Waals surface area (Å²) < 4.78 is 2.14. The van der Waals surface area contributed by atoms with Gasteiger partial charge in [0.1, 0.15) is 12.4 Å². The van der Waals surface area contributed by atoms with Gasteiger partial charge >= 0.3 is 0 Å². The lowest BCUT2D eigenvalue weighted by Gasteiger charge is -2.32. The van der Waals surface area contributed by atoms with E-state index in [2.05, 4.69) is 65.2 Å². The minimum Gasteiger partial charge on any atom is -0.396 e. The van der Waals surface area contributed by atoms with Crippen LogP contribution in [0.1, 0.15) is 51.4 Å². The number of hydrogen-bond acceptors (Lipinski definition) is 3. The predicted octanol–water partition coefficient (Wildman–Crippen LogP) is 3.18. The SMILES string of the molecule is CCNC(=NCc1nccn1Cc1ccccc1)NCC(CC)(CC)CCO. The van der Waals surface area contributed by atoms with E-state index in [-0.39, 0.29) is 12.0 Å². The van der Waals surface area contributed by atoms with E-state index >= 15 is 0 Å². The van der Waals surface area contributed by atoms with Crippen LogP contribution in [0.4, 0.5) is 0 Å². The minimum atomic E-state index is 0.0940. The van der Waals surface area contributed by atoms with Crippen molar-refractivity contribution in [1.29, 1.82) is 0 Å². The quantitative estimate of drug-likeness (QED) is 0.410. The monoisotopic (exact) mass is 385 g/mol. The van der Waals surface area contributed by atoms with Gasteiger partial charge in [-0.05, 0) is 37.2 Å². The number of imidazole rings is 1. The lowest BCUT2D eigenvalue weighted by molar-refractivity contribution is 0.169. The molecule has 0 bridgehead atoms. The average Bonchev–Trinajstić information content (AvgIpc) is 3.16. The second kappa shape index (κ2) is 11.5. The van der Waals surface area contributed by atoms with Crippen LogP contribution in [0.3, 0.4) is 0 Å². The van der Waals surface area contributed by atoms with Crippen molar-refractivity contribution >= 4 is 5.96 Å². The molecule has 6 nitrogen and oxygen atoms in total. The Bertz CT molecular complexity index is 707. The van der Waals surface area contributed by atoms with Crippen LogP contribution in [0.15, 0.2) is 47.7 Å². The Morgan fingerprint density at radius 1 is 1.14 bits per heavy atom. The molecule has 2 aromatic rings. The number of aliphatic imine (C=N–C) groups is 1. The van der Waals surface area contributed by atoms with Gasteiger partial charge in [-0.3, -0.25) is 0 Å². The molecule has 0 saturated heterocycles. The Balaban J connectivity index is 2.04. The van der Waals surface area contributed by atoms with E-state index in [4.69, 9.17) is 4.99 Å². The molecule has 2 rings (SSSR count). The van der Waals surface area contributed by atoms with Gasteiger partial charge in [0.05, 0.1) is 0 Å². The summed E-state index contributed by atoms with van der Waals surface area (Å²) in [5.74, 6) is 1.73. The Morgan fingerprint density at radius 3 is 2.54 bits per heavy atom. The van der Waals surface area contributed by atoms with E-state index in [9.17, 15) is 5.11 Å². The van der Waals surface area contributed by atoms with Crippen molar-refractivity contribution in [1.82, 2.24) is 20.2 Å². The van der Waals surface area contributed by atoms with Crippen LogP contribution in [0.25, 0.3) is 0 Å². The molecule has 0 saturated carbocycles. The number of rotatable bonds is 11. The zero-order chi connectivity index (χ0) is 20.2. The molecule has 0 atom stereocenters. The van der Waals surface area contributed by atoms with E-state index < -0.39 is 0 Å². The van der Waals surface area contributed by atoms with Gasteiger partial charge in [-0.25, -0.2) is 9.98 Å². The van der Waals surface area contributed by atoms with Crippen molar-refractivity contribution in [2.24, 2.45) is 10.4 Å². The number of nitrogens with one attached hydrogen (secondary N) is 2. The van der Waals surface area contributed by atoms with Gasteiger partial charge in [-0.2, -0.15) is 0 Å². The van der Waals surface area contributed by atoms with E-state index in [0.29, 0.717) is 6.54 Å². The Kier molecular flexibility index (Phi) is 9.01. The van der Waals surface area contributed by atoms with Crippen LogP contribution in [0, 0.1) is 5.41 Å². The van der Waals surface area contributed by atoms with E-state index in [1.165, 1.54) is 5.56 Å². The minimum absolute atomic E-state index is 0.0940. The Hall–Kier alpha value is -2.34. The van der Waals surface area contributed by atoms with Gasteiger partial charge in [0, 0.05) is 38.6 Å². The van der Waals surface area contributed by atoms with Crippen molar-refractivity contribution in [2.75, 3.05) is 19.7 Å². The molecule has 6 heteroatoms. The molecular weight excluding hydrogens is 350 g/mol. The molecule has 3 N–H and O–H groups in total. The fraction of sp³-hybridized carbons (Fsp3) is 0.545. The van der Waals surface area contributed by atoms with Gasteiger partial charge in [-0.15, -0.1) is 0 Å². The molecule has 0 aliphatic heterocycles. The molecule has 0 amide bonds. The van der Waals surface area contributed by atoms with Crippen LogP contribution in [-0.4, -0.2) is 40.3 Å². The van der Waals surface area contributed by atoms with Gasteiger partial charge in [0.25, 0.3) is 0 Å². The van der Waals surface area contributed by atoms with Gasteiger partial charge in [-0.1, -0.05) is 44.2 Å². The number of benzene rings is 1. The lowest BCUT2D eigenvalue weighted by Crippen LogP contribution is -2.44. The summed E-state index contributed by atoms with van der Waals surface area (Å²) in [6, 6.07) is 10.4. The molecule has 0 aliphatic carbocycles. The summed E-state index contributed by atoms with van der Waals surface area (Å²) in [4.78, 5) is 9.22. The van der Waals surface area contributed by atoms with Crippen LogP contribution in [0.5, 0.6) is 0 Å². The van der Waals surface area contributed by atoms with Crippen LogP contribution in [-0.2, 0) is 13.1 Å². The molecule has 1 aromatic heterocycles. The first-order valence-corrected chi connectivity index (χ1v) is 10.3. The van der Waals surface area contributed by atoms with Crippen molar-refractivity contribution in [3.63, 3.8) is 0 Å². The van der Waals surface area contributed by atoms with Crippen molar-refractivity contribution in [3.8, 4) is 0 Å². The maximum absolute atomic E-state index is 9.43. The number of aliphatic hydroxyl groups is 1. The molecule has 0 fully saturated rings. The number of guanidine groups is 1. The fourth-order valence-corrected chi connectivity index (χ4v) is 3.36. The molecule has 1 aromatic carbocycles. The van der Waals surface area contributed by atoms with Crippen molar-refractivity contribution in [2.45, 2.75) is 53.1 Å². The Labute approximate surface area is 169 Å². The molecule has 1 heterocycles. The molecular formula is C22H35N5O.